The first-order valence-electron chi connectivity index (χ1n) is 5.85. The summed E-state index contributed by atoms with van der Waals surface area (Å²) in [6.45, 7) is 5.04. The van der Waals surface area contributed by atoms with Crippen molar-refractivity contribution in [2.45, 2.75) is 32.4 Å². The molecule has 0 spiro atoms. The number of benzene rings is 1. The van der Waals surface area contributed by atoms with E-state index in [0.29, 0.717) is 12.0 Å². The zero-order valence-corrected chi connectivity index (χ0v) is 9.94. The molecule has 0 radical (unpaired) electrons. The predicted molar refractivity (Wildman–Crippen MR) is 64.8 cm³/mol. The van der Waals surface area contributed by atoms with E-state index in [1.165, 1.54) is 11.1 Å². The summed E-state index contributed by atoms with van der Waals surface area (Å²) in [4.78, 5) is 0. The third-order valence-corrected chi connectivity index (χ3v) is 3.40. The lowest BCUT2D eigenvalue weighted by Crippen LogP contribution is -2.34. The maximum Gasteiger partial charge on any atom is 0.0551 e. The first-order chi connectivity index (χ1) is 7.72. The van der Waals surface area contributed by atoms with Crippen LogP contribution in [0.4, 0.5) is 0 Å². The predicted octanol–water partition coefficient (Wildman–Crippen LogP) is 1.92. The Kier molecular flexibility index (Phi) is 3.59. The lowest BCUT2D eigenvalue weighted by Gasteiger charge is -2.23. The van der Waals surface area contributed by atoms with Crippen LogP contribution in [0.3, 0.4) is 0 Å². The minimum absolute atomic E-state index is 0.200. The van der Waals surface area contributed by atoms with Crippen molar-refractivity contribution in [1.82, 2.24) is 5.43 Å². The summed E-state index contributed by atoms with van der Waals surface area (Å²) >= 11 is 0. The molecule has 3 atom stereocenters. The number of rotatable bonds is 3. The van der Waals surface area contributed by atoms with Crippen molar-refractivity contribution in [3.8, 4) is 0 Å². The van der Waals surface area contributed by atoms with Gasteiger partial charge in [-0.2, -0.15) is 0 Å². The van der Waals surface area contributed by atoms with E-state index < -0.39 is 0 Å². The fourth-order valence-electron chi connectivity index (χ4n) is 2.50. The van der Waals surface area contributed by atoms with Gasteiger partial charge in [0.2, 0.25) is 0 Å². The molecule has 88 valence electrons. The van der Waals surface area contributed by atoms with Gasteiger partial charge < -0.3 is 4.74 Å². The van der Waals surface area contributed by atoms with Crippen LogP contribution >= 0.6 is 0 Å². The summed E-state index contributed by atoms with van der Waals surface area (Å²) in [7, 11) is 0. The molecule has 0 bridgehead atoms. The van der Waals surface area contributed by atoms with E-state index >= 15 is 0 Å². The van der Waals surface area contributed by atoms with Gasteiger partial charge in [-0.25, -0.2) is 0 Å². The van der Waals surface area contributed by atoms with Crippen molar-refractivity contribution in [2.75, 3.05) is 6.61 Å². The number of ether oxygens (including phenoxy) is 1. The third-order valence-electron chi connectivity index (χ3n) is 3.40. The van der Waals surface area contributed by atoms with Gasteiger partial charge >= 0.3 is 0 Å². The highest BCUT2D eigenvalue weighted by Crippen LogP contribution is 2.32. The van der Waals surface area contributed by atoms with Crippen molar-refractivity contribution < 1.29 is 4.74 Å². The van der Waals surface area contributed by atoms with E-state index in [9.17, 15) is 0 Å². The highest BCUT2D eigenvalue weighted by molar-refractivity contribution is 5.29. The molecular weight excluding hydrogens is 200 g/mol. The van der Waals surface area contributed by atoms with E-state index in [-0.39, 0.29) is 6.04 Å². The molecule has 16 heavy (non-hydrogen) atoms. The molecule has 0 aliphatic carbocycles. The number of hydrogen-bond acceptors (Lipinski definition) is 3. The van der Waals surface area contributed by atoms with Gasteiger partial charge in [0, 0.05) is 5.92 Å². The monoisotopic (exact) mass is 220 g/mol. The third kappa shape index (κ3) is 2.26. The van der Waals surface area contributed by atoms with Gasteiger partial charge in [-0.1, -0.05) is 24.3 Å². The van der Waals surface area contributed by atoms with Crippen LogP contribution < -0.4 is 11.3 Å². The maximum atomic E-state index is 5.69. The Bertz CT molecular complexity index is 354. The highest BCUT2D eigenvalue weighted by atomic mass is 16.5. The first-order valence-corrected chi connectivity index (χ1v) is 5.85. The van der Waals surface area contributed by atoms with E-state index in [1.54, 1.807) is 0 Å². The number of hydrazine groups is 1. The highest BCUT2D eigenvalue weighted by Gasteiger charge is 2.30. The molecule has 0 amide bonds. The van der Waals surface area contributed by atoms with Gasteiger partial charge in [-0.3, -0.25) is 11.3 Å². The SMILES string of the molecule is Cc1ccccc1C(NN)C1COC(C)C1. The summed E-state index contributed by atoms with van der Waals surface area (Å²) < 4.78 is 5.61. The first kappa shape index (κ1) is 11.6. The van der Waals surface area contributed by atoms with Crippen molar-refractivity contribution in [3.05, 3.63) is 35.4 Å². The van der Waals surface area contributed by atoms with Crippen LogP contribution in [0.15, 0.2) is 24.3 Å². The van der Waals surface area contributed by atoms with Gasteiger partial charge in [-0.05, 0) is 31.4 Å². The molecule has 3 N–H and O–H groups in total. The van der Waals surface area contributed by atoms with Crippen LogP contribution in [0.25, 0.3) is 0 Å². The Hall–Kier alpha value is -0.900. The summed E-state index contributed by atoms with van der Waals surface area (Å²) in [6.07, 6.45) is 1.42. The Labute approximate surface area is 97.0 Å². The van der Waals surface area contributed by atoms with E-state index in [1.807, 2.05) is 0 Å². The Morgan fingerprint density at radius 3 is 2.75 bits per heavy atom. The second kappa shape index (κ2) is 4.95. The van der Waals surface area contributed by atoms with Crippen LogP contribution in [0.5, 0.6) is 0 Å². The fraction of sp³-hybridized carbons (Fsp3) is 0.538. The summed E-state index contributed by atoms with van der Waals surface area (Å²) in [6, 6.07) is 8.58. The zero-order valence-electron chi connectivity index (χ0n) is 9.94. The molecule has 0 aromatic heterocycles. The Morgan fingerprint density at radius 2 is 2.19 bits per heavy atom. The van der Waals surface area contributed by atoms with Gasteiger partial charge in [0.15, 0.2) is 0 Å². The van der Waals surface area contributed by atoms with Crippen LogP contribution in [-0.4, -0.2) is 12.7 Å². The van der Waals surface area contributed by atoms with Crippen molar-refractivity contribution in [2.24, 2.45) is 11.8 Å². The molecule has 2 rings (SSSR count). The zero-order chi connectivity index (χ0) is 11.5. The maximum absolute atomic E-state index is 5.69. The topological polar surface area (TPSA) is 47.3 Å². The minimum Gasteiger partial charge on any atom is -0.378 e. The van der Waals surface area contributed by atoms with E-state index in [2.05, 4.69) is 43.5 Å². The normalized spacial score (nSPS) is 26.9. The molecule has 3 heteroatoms. The minimum atomic E-state index is 0.200. The van der Waals surface area contributed by atoms with Gasteiger partial charge in [0.05, 0.1) is 18.8 Å². The van der Waals surface area contributed by atoms with Crippen molar-refractivity contribution >= 4 is 0 Å². The van der Waals surface area contributed by atoms with Gasteiger partial charge in [-0.15, -0.1) is 0 Å². The molecule has 1 aliphatic heterocycles. The molecular formula is C13H20N2O. The molecule has 0 saturated carbocycles. The van der Waals surface area contributed by atoms with Crippen LogP contribution in [0.2, 0.25) is 0 Å². The molecule has 1 fully saturated rings. The summed E-state index contributed by atoms with van der Waals surface area (Å²) in [5.41, 5.74) is 5.51. The second-order valence-electron chi connectivity index (χ2n) is 4.64. The molecule has 1 saturated heterocycles. The Balaban J connectivity index is 2.19. The van der Waals surface area contributed by atoms with Crippen LogP contribution in [0, 0.1) is 12.8 Å². The smallest absolute Gasteiger partial charge is 0.0551 e. The van der Waals surface area contributed by atoms with Gasteiger partial charge in [0.25, 0.3) is 0 Å². The molecule has 1 heterocycles. The molecule has 3 nitrogen and oxygen atoms in total. The number of hydrogen-bond donors (Lipinski definition) is 2. The largest absolute Gasteiger partial charge is 0.378 e. The quantitative estimate of drug-likeness (QED) is 0.604. The van der Waals surface area contributed by atoms with Crippen LogP contribution in [-0.2, 0) is 4.74 Å². The van der Waals surface area contributed by atoms with Gasteiger partial charge in [0.1, 0.15) is 0 Å². The lowest BCUT2D eigenvalue weighted by molar-refractivity contribution is 0.117. The standard InChI is InChI=1S/C13H20N2O/c1-9-5-3-4-6-12(9)13(15-14)11-7-10(2)16-8-11/h3-6,10-11,13,15H,7-8,14H2,1-2H3. The Morgan fingerprint density at radius 1 is 1.44 bits per heavy atom. The molecule has 3 unspecified atom stereocenters. The number of nitrogens with one attached hydrogen (secondary N) is 1. The van der Waals surface area contributed by atoms with Crippen molar-refractivity contribution in [3.63, 3.8) is 0 Å². The molecule has 1 aromatic carbocycles. The lowest BCUT2D eigenvalue weighted by atomic mass is 9.89. The number of nitrogens with two attached hydrogens (primary N) is 1. The van der Waals surface area contributed by atoms with Crippen molar-refractivity contribution in [1.29, 1.82) is 0 Å². The molecule has 1 aromatic rings. The summed E-state index contributed by atoms with van der Waals surface area (Å²) in [5, 5.41) is 0. The summed E-state index contributed by atoms with van der Waals surface area (Å²) in [5.74, 6) is 6.17. The average molecular weight is 220 g/mol. The van der Waals surface area contributed by atoms with Crippen LogP contribution in [0.1, 0.15) is 30.5 Å². The second-order valence-corrected chi connectivity index (χ2v) is 4.64. The number of aryl methyl sites for hydroxylation is 1. The molecule has 1 aliphatic rings. The van der Waals surface area contributed by atoms with E-state index in [4.69, 9.17) is 10.6 Å². The average Bonchev–Trinajstić information content (AvgIpc) is 2.69. The van der Waals surface area contributed by atoms with E-state index in [0.717, 1.165) is 13.0 Å². The fourth-order valence-corrected chi connectivity index (χ4v) is 2.50.